The highest BCUT2D eigenvalue weighted by Crippen LogP contribution is 2.14. The van der Waals surface area contributed by atoms with Gasteiger partial charge in [-0.1, -0.05) is 11.6 Å². The number of hydrogen-bond donors (Lipinski definition) is 0. The molecule has 0 aliphatic rings. The fraction of sp³-hybridized carbons (Fsp3) is 0. The first-order valence-corrected chi connectivity index (χ1v) is 5.32. The molecule has 17 heavy (non-hydrogen) atoms. The van der Waals surface area contributed by atoms with E-state index in [0.29, 0.717) is 5.56 Å². The zero-order valence-electron chi connectivity index (χ0n) is 8.32. The number of benzene rings is 1. The van der Waals surface area contributed by atoms with E-state index in [4.69, 9.17) is 23.2 Å². The van der Waals surface area contributed by atoms with E-state index < -0.39 is 11.6 Å². The molecule has 0 amide bonds. The highest BCUT2D eigenvalue weighted by molar-refractivity contribution is 6.32. The fourth-order valence-corrected chi connectivity index (χ4v) is 1.66. The predicted molar refractivity (Wildman–Crippen MR) is 61.9 cm³/mol. The van der Waals surface area contributed by atoms with Crippen molar-refractivity contribution in [3.05, 3.63) is 57.8 Å². The van der Waals surface area contributed by atoms with Crippen LogP contribution in [0.25, 0.3) is 0 Å². The number of ketones is 1. The lowest BCUT2D eigenvalue weighted by Gasteiger charge is -2.01. The van der Waals surface area contributed by atoms with Gasteiger partial charge in [-0.25, -0.2) is 14.4 Å². The smallest absolute Gasteiger partial charge is 0.224 e. The molecule has 0 aliphatic heterocycles. The van der Waals surface area contributed by atoms with Gasteiger partial charge in [-0.05, 0) is 35.9 Å². The van der Waals surface area contributed by atoms with Crippen molar-refractivity contribution in [2.45, 2.75) is 0 Å². The maximum Gasteiger partial charge on any atom is 0.224 e. The van der Waals surface area contributed by atoms with Crippen molar-refractivity contribution in [1.82, 2.24) is 9.97 Å². The third-order valence-electron chi connectivity index (χ3n) is 2.01. The molecule has 1 aromatic heterocycles. The van der Waals surface area contributed by atoms with Gasteiger partial charge in [0.1, 0.15) is 16.7 Å². The molecular formula is C11H5Cl2FN2O. The number of carbonyl (C=O) groups excluding carboxylic acids is 1. The molecule has 0 radical (unpaired) electrons. The number of nitrogens with zero attached hydrogens (tertiary/aromatic N) is 2. The van der Waals surface area contributed by atoms with Crippen LogP contribution in [0.3, 0.4) is 0 Å². The summed E-state index contributed by atoms with van der Waals surface area (Å²) in [6.07, 6.45) is 0. The van der Waals surface area contributed by atoms with E-state index >= 15 is 0 Å². The minimum atomic E-state index is -0.416. The maximum atomic E-state index is 12.7. The number of rotatable bonds is 2. The lowest BCUT2D eigenvalue weighted by molar-refractivity contribution is 0.103. The Morgan fingerprint density at radius 3 is 2.35 bits per heavy atom. The molecule has 86 valence electrons. The van der Waals surface area contributed by atoms with Crippen LogP contribution in [-0.4, -0.2) is 15.8 Å². The van der Waals surface area contributed by atoms with Gasteiger partial charge >= 0.3 is 0 Å². The van der Waals surface area contributed by atoms with E-state index in [1.807, 2.05) is 0 Å². The summed E-state index contributed by atoms with van der Waals surface area (Å²) in [5, 5.41) is -0.0292. The van der Waals surface area contributed by atoms with Crippen LogP contribution in [-0.2, 0) is 0 Å². The molecule has 0 unspecified atom stereocenters. The molecular weight excluding hydrogens is 266 g/mol. The van der Waals surface area contributed by atoms with Crippen LogP contribution in [0.2, 0.25) is 10.4 Å². The molecule has 0 aliphatic carbocycles. The summed E-state index contributed by atoms with van der Waals surface area (Å²) in [6, 6.07) is 6.41. The van der Waals surface area contributed by atoms with E-state index in [2.05, 4.69) is 9.97 Å². The molecule has 0 spiro atoms. The van der Waals surface area contributed by atoms with Gasteiger partial charge in [0.25, 0.3) is 0 Å². The largest absolute Gasteiger partial charge is 0.287 e. The lowest BCUT2D eigenvalue weighted by Crippen LogP contribution is -2.05. The van der Waals surface area contributed by atoms with Gasteiger partial charge < -0.3 is 0 Å². The summed E-state index contributed by atoms with van der Waals surface area (Å²) >= 11 is 11.2. The van der Waals surface area contributed by atoms with Crippen molar-refractivity contribution in [3.8, 4) is 0 Å². The Morgan fingerprint density at radius 2 is 1.76 bits per heavy atom. The number of hydrogen-bond acceptors (Lipinski definition) is 3. The Bertz CT molecular complexity index is 552. The van der Waals surface area contributed by atoms with E-state index in [-0.39, 0.29) is 16.1 Å². The van der Waals surface area contributed by atoms with Crippen LogP contribution >= 0.6 is 23.2 Å². The van der Waals surface area contributed by atoms with Crippen molar-refractivity contribution in [2.24, 2.45) is 0 Å². The summed E-state index contributed by atoms with van der Waals surface area (Å²) in [6.45, 7) is 0. The lowest BCUT2D eigenvalue weighted by atomic mass is 10.1. The van der Waals surface area contributed by atoms with Crippen molar-refractivity contribution in [2.75, 3.05) is 0 Å². The van der Waals surface area contributed by atoms with Crippen LogP contribution in [0.15, 0.2) is 30.3 Å². The Morgan fingerprint density at radius 1 is 1.12 bits per heavy atom. The Labute approximate surface area is 106 Å². The number of halogens is 3. The second-order valence-electron chi connectivity index (χ2n) is 3.18. The molecule has 0 fully saturated rings. The Hall–Kier alpha value is -1.52. The van der Waals surface area contributed by atoms with E-state index in [1.54, 1.807) is 0 Å². The highest BCUT2D eigenvalue weighted by Gasteiger charge is 2.12. The van der Waals surface area contributed by atoms with Crippen LogP contribution in [0.5, 0.6) is 0 Å². The summed E-state index contributed by atoms with van der Waals surface area (Å²) in [4.78, 5) is 19.3. The van der Waals surface area contributed by atoms with Crippen molar-refractivity contribution in [1.29, 1.82) is 0 Å². The predicted octanol–water partition coefficient (Wildman–Crippen LogP) is 3.15. The van der Waals surface area contributed by atoms with Crippen LogP contribution in [0, 0.1) is 5.82 Å². The summed E-state index contributed by atoms with van der Waals surface area (Å²) in [5.41, 5.74) is 0.374. The molecule has 0 saturated carbocycles. The van der Waals surface area contributed by atoms with Crippen LogP contribution in [0.4, 0.5) is 4.39 Å². The summed E-state index contributed by atoms with van der Waals surface area (Å²) < 4.78 is 12.7. The van der Waals surface area contributed by atoms with Crippen molar-refractivity contribution < 1.29 is 9.18 Å². The third-order valence-corrected chi connectivity index (χ3v) is 2.37. The van der Waals surface area contributed by atoms with Gasteiger partial charge in [-0.2, -0.15) is 0 Å². The monoisotopic (exact) mass is 270 g/mol. The van der Waals surface area contributed by atoms with Gasteiger partial charge in [0.2, 0.25) is 11.1 Å². The minimum absolute atomic E-state index is 0.0709. The molecule has 2 rings (SSSR count). The third kappa shape index (κ3) is 2.78. The molecule has 0 N–H and O–H groups in total. The number of carbonyl (C=O) groups is 1. The average molecular weight is 271 g/mol. The summed E-state index contributed by atoms with van der Waals surface area (Å²) in [5.74, 6) is -0.809. The fourth-order valence-electron chi connectivity index (χ4n) is 1.26. The van der Waals surface area contributed by atoms with Gasteiger partial charge in [-0.3, -0.25) is 4.79 Å². The first kappa shape index (κ1) is 12.0. The standard InChI is InChI=1S/C11H5Cl2FN2O/c12-9-5-8(15-11(13)16-9)10(17)6-1-3-7(14)4-2-6/h1-5H. The van der Waals surface area contributed by atoms with Gasteiger partial charge in [-0.15, -0.1) is 0 Å². The van der Waals surface area contributed by atoms with E-state index in [1.165, 1.54) is 30.3 Å². The van der Waals surface area contributed by atoms with Crippen LogP contribution in [0.1, 0.15) is 16.1 Å². The van der Waals surface area contributed by atoms with Gasteiger partial charge in [0.15, 0.2) is 0 Å². The normalized spacial score (nSPS) is 10.3. The van der Waals surface area contributed by atoms with Gasteiger partial charge in [0, 0.05) is 11.6 Å². The van der Waals surface area contributed by atoms with Crippen molar-refractivity contribution >= 4 is 29.0 Å². The first-order chi connectivity index (χ1) is 8.06. The SMILES string of the molecule is O=C(c1ccc(F)cc1)c1cc(Cl)nc(Cl)n1. The summed E-state index contributed by atoms with van der Waals surface area (Å²) in [7, 11) is 0. The van der Waals surface area contributed by atoms with Crippen LogP contribution < -0.4 is 0 Å². The second-order valence-corrected chi connectivity index (χ2v) is 3.91. The minimum Gasteiger partial charge on any atom is -0.287 e. The second kappa shape index (κ2) is 4.77. The Kier molecular flexibility index (Phi) is 3.36. The van der Waals surface area contributed by atoms with E-state index in [0.717, 1.165) is 0 Å². The van der Waals surface area contributed by atoms with E-state index in [9.17, 15) is 9.18 Å². The molecule has 1 heterocycles. The number of aromatic nitrogens is 2. The quantitative estimate of drug-likeness (QED) is 0.478. The molecule has 6 heteroatoms. The molecule has 2 aromatic rings. The molecule has 0 bridgehead atoms. The molecule has 1 aromatic carbocycles. The Balaban J connectivity index is 2.40. The topological polar surface area (TPSA) is 42.9 Å². The maximum absolute atomic E-state index is 12.7. The highest BCUT2D eigenvalue weighted by atomic mass is 35.5. The molecule has 0 saturated heterocycles. The van der Waals surface area contributed by atoms with Crippen molar-refractivity contribution in [3.63, 3.8) is 0 Å². The zero-order valence-corrected chi connectivity index (χ0v) is 9.84. The zero-order chi connectivity index (χ0) is 12.4. The average Bonchev–Trinajstić information content (AvgIpc) is 2.28. The van der Waals surface area contributed by atoms with Gasteiger partial charge in [0.05, 0.1) is 0 Å². The first-order valence-electron chi connectivity index (χ1n) is 4.56. The molecule has 3 nitrogen and oxygen atoms in total. The molecule has 0 atom stereocenters.